The Labute approximate surface area is 160 Å². The number of nitrogens with zero attached hydrogens (tertiary/aromatic N) is 1. The van der Waals surface area contributed by atoms with Gasteiger partial charge in [-0.25, -0.2) is 4.39 Å². The molecule has 0 saturated carbocycles. The second-order valence-corrected chi connectivity index (χ2v) is 6.68. The molecule has 7 heteroatoms. The number of benzene rings is 1. The van der Waals surface area contributed by atoms with Crippen molar-refractivity contribution in [2.75, 3.05) is 19.6 Å². The molecule has 26 heavy (non-hydrogen) atoms. The molecule has 0 bridgehead atoms. The maximum absolute atomic E-state index is 13.0. The van der Waals surface area contributed by atoms with Gasteiger partial charge in [-0.2, -0.15) is 0 Å². The second kappa shape index (κ2) is 11.1. The molecule has 1 aromatic rings. The van der Waals surface area contributed by atoms with E-state index in [1.54, 1.807) is 4.90 Å². The minimum absolute atomic E-state index is 0. The smallest absolute Gasteiger partial charge is 0.253 e. The molecule has 0 aromatic heterocycles. The average Bonchev–Trinajstić information content (AvgIpc) is 2.65. The topological polar surface area (TPSA) is 75.4 Å². The number of amides is 2. The van der Waals surface area contributed by atoms with E-state index in [2.05, 4.69) is 12.2 Å². The fourth-order valence-corrected chi connectivity index (χ4v) is 3.17. The van der Waals surface area contributed by atoms with Crippen molar-refractivity contribution >= 4 is 24.2 Å². The Morgan fingerprint density at radius 3 is 2.65 bits per heavy atom. The number of carbonyl (C=O) groups is 2. The van der Waals surface area contributed by atoms with Crippen LogP contribution in [0, 0.1) is 11.7 Å². The lowest BCUT2D eigenvalue weighted by atomic mass is 9.95. The van der Waals surface area contributed by atoms with Gasteiger partial charge in [-0.3, -0.25) is 9.59 Å². The van der Waals surface area contributed by atoms with Crippen molar-refractivity contribution in [3.05, 3.63) is 35.6 Å². The lowest BCUT2D eigenvalue weighted by Gasteiger charge is -2.33. The number of unbranched alkanes of at least 4 members (excludes halogenated alkanes) is 1. The van der Waals surface area contributed by atoms with Crippen LogP contribution in [0.15, 0.2) is 24.3 Å². The highest BCUT2D eigenvalue weighted by Gasteiger charge is 2.29. The summed E-state index contributed by atoms with van der Waals surface area (Å²) in [6.07, 6.45) is 4.53. The summed E-state index contributed by atoms with van der Waals surface area (Å²) in [5.74, 6) is -0.761. The zero-order chi connectivity index (χ0) is 18.2. The predicted molar refractivity (Wildman–Crippen MR) is 103 cm³/mol. The summed E-state index contributed by atoms with van der Waals surface area (Å²) in [4.78, 5) is 26.8. The number of halogens is 2. The maximum atomic E-state index is 13.0. The fourth-order valence-electron chi connectivity index (χ4n) is 3.17. The van der Waals surface area contributed by atoms with Gasteiger partial charge in [-0.15, -0.1) is 12.4 Å². The number of nitrogens with one attached hydrogen (secondary N) is 1. The van der Waals surface area contributed by atoms with E-state index in [-0.39, 0.29) is 42.0 Å². The molecule has 1 saturated heterocycles. The molecule has 0 radical (unpaired) electrons. The second-order valence-electron chi connectivity index (χ2n) is 6.68. The monoisotopic (exact) mass is 385 g/mol. The number of hydrogen-bond acceptors (Lipinski definition) is 3. The van der Waals surface area contributed by atoms with Crippen molar-refractivity contribution in [2.24, 2.45) is 11.7 Å². The van der Waals surface area contributed by atoms with Gasteiger partial charge in [0.2, 0.25) is 5.91 Å². The van der Waals surface area contributed by atoms with Crippen LogP contribution in [0.1, 0.15) is 49.4 Å². The Balaban J connectivity index is 0.00000338. The number of nitrogens with two attached hydrogens (primary N) is 1. The minimum atomic E-state index is -0.368. The summed E-state index contributed by atoms with van der Waals surface area (Å²) >= 11 is 0. The number of piperidine rings is 1. The Morgan fingerprint density at radius 1 is 1.35 bits per heavy atom. The minimum Gasteiger partial charge on any atom is -0.352 e. The van der Waals surface area contributed by atoms with Gasteiger partial charge in [0.1, 0.15) is 5.82 Å². The van der Waals surface area contributed by atoms with Crippen LogP contribution in [0.4, 0.5) is 4.39 Å². The van der Waals surface area contributed by atoms with Gasteiger partial charge in [0.05, 0.1) is 5.92 Å². The summed E-state index contributed by atoms with van der Waals surface area (Å²) in [5.41, 5.74) is 6.19. The van der Waals surface area contributed by atoms with E-state index in [9.17, 15) is 14.0 Å². The Bertz CT molecular complexity index is 583. The van der Waals surface area contributed by atoms with Gasteiger partial charge in [-0.05, 0) is 43.5 Å². The van der Waals surface area contributed by atoms with Crippen molar-refractivity contribution in [3.63, 3.8) is 0 Å². The summed E-state index contributed by atoms with van der Waals surface area (Å²) in [6, 6.07) is 5.52. The van der Waals surface area contributed by atoms with E-state index in [1.165, 1.54) is 24.3 Å². The van der Waals surface area contributed by atoms with E-state index in [1.807, 2.05) is 0 Å². The van der Waals surface area contributed by atoms with Gasteiger partial charge in [-0.1, -0.05) is 19.8 Å². The largest absolute Gasteiger partial charge is 0.352 e. The number of hydrogen-bond donors (Lipinski definition) is 2. The maximum Gasteiger partial charge on any atom is 0.253 e. The van der Waals surface area contributed by atoms with Crippen LogP contribution in [0.2, 0.25) is 0 Å². The highest BCUT2D eigenvalue weighted by molar-refractivity contribution is 5.94. The molecule has 5 nitrogen and oxygen atoms in total. The summed E-state index contributed by atoms with van der Waals surface area (Å²) < 4.78 is 13.0. The summed E-state index contributed by atoms with van der Waals surface area (Å²) in [7, 11) is 0. The van der Waals surface area contributed by atoms with Gasteiger partial charge in [0.25, 0.3) is 5.91 Å². The van der Waals surface area contributed by atoms with Crippen LogP contribution in [0.25, 0.3) is 0 Å². The van der Waals surface area contributed by atoms with Gasteiger partial charge >= 0.3 is 0 Å². The Hall–Kier alpha value is -1.66. The molecule has 1 aromatic carbocycles. The molecule has 1 heterocycles. The molecule has 146 valence electrons. The van der Waals surface area contributed by atoms with Gasteiger partial charge in [0.15, 0.2) is 0 Å². The third-order valence-electron chi connectivity index (χ3n) is 4.71. The zero-order valence-electron chi connectivity index (χ0n) is 15.2. The first-order valence-corrected chi connectivity index (χ1v) is 9.10. The molecule has 3 N–H and O–H groups in total. The van der Waals surface area contributed by atoms with Crippen LogP contribution < -0.4 is 11.1 Å². The molecule has 2 atom stereocenters. The standard InChI is InChI=1S/C19H28FN3O2.ClH/c1-2-3-6-17(12-21)22-18(24)15-5-4-11-23(13-15)19(25)14-7-9-16(20)10-8-14;/h7-10,15,17H,2-6,11-13,21H2,1H3,(H,22,24);1H. The molecule has 2 unspecified atom stereocenters. The first-order valence-electron chi connectivity index (χ1n) is 9.10. The Kier molecular flexibility index (Phi) is 9.59. The number of carbonyl (C=O) groups excluding carboxylic acids is 2. The lowest BCUT2D eigenvalue weighted by Crippen LogP contribution is -2.49. The number of rotatable bonds is 7. The van der Waals surface area contributed by atoms with Crippen LogP contribution in [0.3, 0.4) is 0 Å². The van der Waals surface area contributed by atoms with E-state index in [0.29, 0.717) is 25.2 Å². The zero-order valence-corrected chi connectivity index (χ0v) is 16.1. The van der Waals surface area contributed by atoms with E-state index >= 15 is 0 Å². The molecular weight excluding hydrogens is 357 g/mol. The molecule has 1 fully saturated rings. The van der Waals surface area contributed by atoms with E-state index in [4.69, 9.17) is 5.73 Å². The van der Waals surface area contributed by atoms with Crippen LogP contribution in [-0.4, -0.2) is 42.4 Å². The first kappa shape index (κ1) is 22.4. The predicted octanol–water partition coefficient (Wildman–Crippen LogP) is 2.73. The molecule has 1 aliphatic heterocycles. The van der Waals surface area contributed by atoms with E-state index < -0.39 is 0 Å². The van der Waals surface area contributed by atoms with Crippen LogP contribution in [0.5, 0.6) is 0 Å². The van der Waals surface area contributed by atoms with Crippen molar-refractivity contribution in [1.82, 2.24) is 10.2 Å². The quantitative estimate of drug-likeness (QED) is 0.757. The fraction of sp³-hybridized carbons (Fsp3) is 0.579. The SMILES string of the molecule is CCCCC(CN)NC(=O)C1CCCN(C(=O)c2ccc(F)cc2)C1.Cl. The van der Waals surface area contributed by atoms with Crippen LogP contribution in [-0.2, 0) is 4.79 Å². The summed E-state index contributed by atoms with van der Waals surface area (Å²) in [5, 5.41) is 3.03. The van der Waals surface area contributed by atoms with Crippen molar-refractivity contribution < 1.29 is 14.0 Å². The molecule has 2 amide bonds. The third kappa shape index (κ3) is 6.25. The van der Waals surface area contributed by atoms with Gasteiger partial charge < -0.3 is 16.0 Å². The van der Waals surface area contributed by atoms with Crippen LogP contribution >= 0.6 is 12.4 Å². The molecule has 1 aliphatic rings. The number of likely N-dealkylation sites (tertiary alicyclic amines) is 1. The normalized spacial score (nSPS) is 18.0. The Morgan fingerprint density at radius 2 is 2.04 bits per heavy atom. The van der Waals surface area contributed by atoms with Crippen molar-refractivity contribution in [3.8, 4) is 0 Å². The molecular formula is C19H29ClFN3O2. The first-order chi connectivity index (χ1) is 12.0. The highest BCUT2D eigenvalue weighted by Crippen LogP contribution is 2.19. The van der Waals surface area contributed by atoms with Crippen molar-refractivity contribution in [1.29, 1.82) is 0 Å². The highest BCUT2D eigenvalue weighted by atomic mass is 35.5. The molecule has 0 aliphatic carbocycles. The average molecular weight is 386 g/mol. The van der Waals surface area contributed by atoms with Gasteiger partial charge in [0, 0.05) is 31.2 Å². The van der Waals surface area contributed by atoms with Crippen molar-refractivity contribution in [2.45, 2.75) is 45.1 Å². The third-order valence-corrected chi connectivity index (χ3v) is 4.71. The lowest BCUT2D eigenvalue weighted by molar-refractivity contribution is -0.127. The van der Waals surface area contributed by atoms with E-state index in [0.717, 1.165) is 32.1 Å². The molecule has 0 spiro atoms. The molecule has 2 rings (SSSR count). The summed E-state index contributed by atoms with van der Waals surface area (Å²) in [6.45, 7) is 3.55.